The molecule has 0 radical (unpaired) electrons. The molecule has 0 aromatic heterocycles. The zero-order chi connectivity index (χ0) is 10.6. The first kappa shape index (κ1) is 12.4. The van der Waals surface area contributed by atoms with Crippen LogP contribution in [0.25, 0.3) is 0 Å². The van der Waals surface area contributed by atoms with Crippen LogP contribution in [-0.2, 0) is 14.8 Å². The lowest BCUT2D eigenvalue weighted by Gasteiger charge is -2.18. The molecule has 0 saturated heterocycles. The Morgan fingerprint density at radius 2 is 2.00 bits per heavy atom. The average Bonchev–Trinajstić information content (AvgIpc) is 1.82. The Hall–Kier alpha value is -0.550. The third kappa shape index (κ3) is 5.65. The molecule has 0 unspecified atom stereocenters. The average molecular weight is 207 g/mol. The Balaban J connectivity index is 4.08. The summed E-state index contributed by atoms with van der Waals surface area (Å²) in [5.74, 6) is 0.461. The van der Waals surface area contributed by atoms with Gasteiger partial charge in [0.1, 0.15) is 5.76 Å². The van der Waals surface area contributed by atoms with E-state index < -0.39 is 10.0 Å². The Morgan fingerprint density at radius 3 is 2.31 bits per heavy atom. The van der Waals surface area contributed by atoms with Crippen molar-refractivity contribution in [3.05, 3.63) is 12.3 Å². The van der Waals surface area contributed by atoms with Crippen LogP contribution in [0.5, 0.6) is 0 Å². The van der Waals surface area contributed by atoms with Gasteiger partial charge in [-0.1, -0.05) is 6.58 Å². The third-order valence-corrected chi connectivity index (χ3v) is 2.63. The molecule has 0 bridgehead atoms. The highest BCUT2D eigenvalue weighted by atomic mass is 32.2. The van der Waals surface area contributed by atoms with Crippen LogP contribution in [0.15, 0.2) is 12.3 Å². The molecular formula is C8H17NO3S. The molecule has 0 spiro atoms. The SMILES string of the molecule is C=C(CN(C)S(C)(=O)=O)OC(C)C. The van der Waals surface area contributed by atoms with Crippen LogP contribution in [0, 0.1) is 0 Å². The largest absolute Gasteiger partial charge is 0.495 e. The van der Waals surface area contributed by atoms with Crippen molar-refractivity contribution >= 4 is 10.0 Å². The van der Waals surface area contributed by atoms with E-state index in [1.165, 1.54) is 11.4 Å². The molecule has 0 aliphatic rings. The van der Waals surface area contributed by atoms with Gasteiger partial charge in [-0.25, -0.2) is 8.42 Å². The first-order valence-corrected chi connectivity index (χ1v) is 5.84. The first-order valence-electron chi connectivity index (χ1n) is 3.99. The van der Waals surface area contributed by atoms with Gasteiger partial charge in [-0.3, -0.25) is 0 Å². The van der Waals surface area contributed by atoms with E-state index in [1.807, 2.05) is 13.8 Å². The van der Waals surface area contributed by atoms with E-state index in [2.05, 4.69) is 6.58 Å². The van der Waals surface area contributed by atoms with Gasteiger partial charge in [0.05, 0.1) is 18.9 Å². The molecule has 0 aliphatic heterocycles. The summed E-state index contributed by atoms with van der Waals surface area (Å²) in [5, 5.41) is 0. The second-order valence-corrected chi connectivity index (χ2v) is 5.31. The maximum Gasteiger partial charge on any atom is 0.211 e. The number of rotatable bonds is 5. The molecule has 0 amide bonds. The predicted molar refractivity (Wildman–Crippen MR) is 52.8 cm³/mol. The maximum absolute atomic E-state index is 11.0. The van der Waals surface area contributed by atoms with Gasteiger partial charge in [0.25, 0.3) is 0 Å². The van der Waals surface area contributed by atoms with E-state index >= 15 is 0 Å². The first-order chi connectivity index (χ1) is 5.73. The van der Waals surface area contributed by atoms with Crippen molar-refractivity contribution in [2.45, 2.75) is 20.0 Å². The quantitative estimate of drug-likeness (QED) is 0.627. The van der Waals surface area contributed by atoms with Crippen LogP contribution in [0.4, 0.5) is 0 Å². The van der Waals surface area contributed by atoms with Crippen molar-refractivity contribution < 1.29 is 13.2 Å². The second kappa shape index (κ2) is 4.62. The molecule has 0 aromatic carbocycles. The van der Waals surface area contributed by atoms with E-state index in [0.29, 0.717) is 5.76 Å². The van der Waals surface area contributed by atoms with Crippen LogP contribution in [0.1, 0.15) is 13.8 Å². The molecule has 0 heterocycles. The van der Waals surface area contributed by atoms with Crippen LogP contribution in [-0.4, -0.2) is 38.7 Å². The van der Waals surface area contributed by atoms with Crippen molar-refractivity contribution in [3.63, 3.8) is 0 Å². The van der Waals surface area contributed by atoms with Gasteiger partial charge in [-0.2, -0.15) is 4.31 Å². The Labute approximate surface area is 80.2 Å². The molecule has 0 N–H and O–H groups in total. The van der Waals surface area contributed by atoms with Crippen LogP contribution in [0.2, 0.25) is 0 Å². The monoisotopic (exact) mass is 207 g/mol. The standard InChI is InChI=1S/C8H17NO3S/c1-7(2)12-8(3)6-9(4)13(5,10)11/h7H,3,6H2,1-2,4-5H3. The van der Waals surface area contributed by atoms with Crippen molar-refractivity contribution in [2.75, 3.05) is 19.8 Å². The topological polar surface area (TPSA) is 46.6 Å². The number of hydrogen-bond acceptors (Lipinski definition) is 3. The summed E-state index contributed by atoms with van der Waals surface area (Å²) in [4.78, 5) is 0. The predicted octanol–water partition coefficient (Wildman–Crippen LogP) is 0.816. The van der Waals surface area contributed by atoms with E-state index in [-0.39, 0.29) is 12.6 Å². The van der Waals surface area contributed by atoms with E-state index in [9.17, 15) is 8.42 Å². The lowest BCUT2D eigenvalue weighted by Crippen LogP contribution is -2.28. The van der Waals surface area contributed by atoms with E-state index in [0.717, 1.165) is 6.26 Å². The smallest absolute Gasteiger partial charge is 0.211 e. The fraction of sp³-hybridized carbons (Fsp3) is 0.750. The zero-order valence-electron chi connectivity index (χ0n) is 8.57. The summed E-state index contributed by atoms with van der Waals surface area (Å²) in [5.41, 5.74) is 0. The minimum Gasteiger partial charge on any atom is -0.495 e. The summed E-state index contributed by atoms with van der Waals surface area (Å²) in [6, 6.07) is 0. The number of sulfonamides is 1. The van der Waals surface area contributed by atoms with Crippen molar-refractivity contribution in [3.8, 4) is 0 Å². The van der Waals surface area contributed by atoms with Gasteiger partial charge >= 0.3 is 0 Å². The highest BCUT2D eigenvalue weighted by Crippen LogP contribution is 2.03. The van der Waals surface area contributed by atoms with E-state index in [4.69, 9.17) is 4.74 Å². The third-order valence-electron chi connectivity index (χ3n) is 1.37. The van der Waals surface area contributed by atoms with Gasteiger partial charge in [0.2, 0.25) is 10.0 Å². The van der Waals surface area contributed by atoms with Gasteiger partial charge in [-0.05, 0) is 13.8 Å². The van der Waals surface area contributed by atoms with Gasteiger partial charge in [0, 0.05) is 7.05 Å². The molecule has 5 heteroatoms. The molecule has 0 saturated carbocycles. The number of nitrogens with zero attached hydrogens (tertiary/aromatic N) is 1. The Morgan fingerprint density at radius 1 is 1.54 bits per heavy atom. The molecule has 0 rings (SSSR count). The van der Waals surface area contributed by atoms with Gasteiger partial charge < -0.3 is 4.74 Å². The van der Waals surface area contributed by atoms with Crippen molar-refractivity contribution in [2.24, 2.45) is 0 Å². The molecule has 13 heavy (non-hydrogen) atoms. The van der Waals surface area contributed by atoms with Crippen LogP contribution in [0.3, 0.4) is 0 Å². The summed E-state index contributed by atoms with van der Waals surface area (Å²) in [6.45, 7) is 7.56. The lowest BCUT2D eigenvalue weighted by molar-refractivity contribution is 0.137. The Bertz CT molecular complexity index is 269. The van der Waals surface area contributed by atoms with Gasteiger partial charge in [0.15, 0.2) is 0 Å². The zero-order valence-corrected chi connectivity index (χ0v) is 9.39. The number of likely N-dealkylation sites (N-methyl/N-ethyl adjacent to an activating group) is 1. The normalized spacial score (nSPS) is 12.2. The molecule has 0 aliphatic carbocycles. The van der Waals surface area contributed by atoms with Crippen LogP contribution >= 0.6 is 0 Å². The number of hydrogen-bond donors (Lipinski definition) is 0. The summed E-state index contributed by atoms with van der Waals surface area (Å²) < 4.78 is 28.4. The van der Waals surface area contributed by atoms with Crippen LogP contribution < -0.4 is 0 Å². The lowest BCUT2D eigenvalue weighted by atomic mass is 10.4. The van der Waals surface area contributed by atoms with E-state index in [1.54, 1.807) is 0 Å². The summed E-state index contributed by atoms with van der Waals surface area (Å²) in [6.07, 6.45) is 1.18. The number of ether oxygens (including phenoxy) is 1. The second-order valence-electron chi connectivity index (χ2n) is 3.22. The summed E-state index contributed by atoms with van der Waals surface area (Å²) in [7, 11) is -1.65. The molecular weight excluding hydrogens is 190 g/mol. The molecule has 0 fully saturated rings. The summed E-state index contributed by atoms with van der Waals surface area (Å²) >= 11 is 0. The van der Waals surface area contributed by atoms with Crippen molar-refractivity contribution in [1.29, 1.82) is 0 Å². The molecule has 78 valence electrons. The van der Waals surface area contributed by atoms with Gasteiger partial charge in [-0.15, -0.1) is 0 Å². The fourth-order valence-electron chi connectivity index (χ4n) is 0.736. The highest BCUT2D eigenvalue weighted by Gasteiger charge is 2.12. The molecule has 0 aromatic rings. The maximum atomic E-state index is 11.0. The van der Waals surface area contributed by atoms with Crippen molar-refractivity contribution in [1.82, 2.24) is 4.31 Å². The minimum atomic E-state index is -3.14. The molecule has 4 nitrogen and oxygen atoms in total. The molecule has 0 atom stereocenters. The highest BCUT2D eigenvalue weighted by molar-refractivity contribution is 7.88. The Kier molecular flexibility index (Phi) is 4.43. The fourth-order valence-corrected chi connectivity index (χ4v) is 1.11. The minimum absolute atomic E-state index is 0.0282.